The Balaban J connectivity index is 2.01. The number of rotatable bonds is 12. The van der Waals surface area contributed by atoms with Crippen LogP contribution in [0.15, 0.2) is 34.8 Å². The van der Waals surface area contributed by atoms with Gasteiger partial charge in [0, 0.05) is 17.6 Å². The van der Waals surface area contributed by atoms with Gasteiger partial charge in [0.15, 0.2) is 11.5 Å². The maximum Gasteiger partial charge on any atom is 0.162 e. The van der Waals surface area contributed by atoms with E-state index in [-0.39, 0.29) is 6.61 Å². The Morgan fingerprint density at radius 3 is 2.50 bits per heavy atom. The first kappa shape index (κ1) is 23.3. The molecule has 0 radical (unpaired) electrons. The van der Waals surface area contributed by atoms with E-state index in [9.17, 15) is 0 Å². The van der Waals surface area contributed by atoms with Crippen LogP contribution >= 0.6 is 39.1 Å². The zero-order valence-electron chi connectivity index (χ0n) is 15.9. The lowest BCUT2D eigenvalue weighted by Crippen LogP contribution is -2.15. The van der Waals surface area contributed by atoms with Gasteiger partial charge in [-0.15, -0.1) is 0 Å². The zero-order valence-corrected chi connectivity index (χ0v) is 19.0. The van der Waals surface area contributed by atoms with Gasteiger partial charge in [-0.05, 0) is 68.1 Å². The van der Waals surface area contributed by atoms with Crippen molar-refractivity contribution in [3.63, 3.8) is 0 Å². The second-order valence-electron chi connectivity index (χ2n) is 6.32. The van der Waals surface area contributed by atoms with Crippen molar-refractivity contribution >= 4 is 39.1 Å². The molecule has 2 aromatic rings. The van der Waals surface area contributed by atoms with Crippen molar-refractivity contribution in [3.8, 4) is 11.5 Å². The number of aliphatic hydroxyl groups excluding tert-OH is 1. The molecule has 4 nitrogen and oxygen atoms in total. The molecule has 28 heavy (non-hydrogen) atoms. The fourth-order valence-corrected chi connectivity index (χ4v) is 3.43. The van der Waals surface area contributed by atoms with Crippen molar-refractivity contribution in [3.05, 3.63) is 56.0 Å². The van der Waals surface area contributed by atoms with E-state index in [1.807, 2.05) is 25.1 Å². The number of ether oxygens (including phenoxy) is 2. The maximum absolute atomic E-state index is 8.82. The minimum Gasteiger partial charge on any atom is -0.490 e. The lowest BCUT2D eigenvalue weighted by molar-refractivity contribution is 0.269. The van der Waals surface area contributed by atoms with Gasteiger partial charge in [-0.1, -0.05) is 45.2 Å². The summed E-state index contributed by atoms with van der Waals surface area (Å²) in [6.45, 7) is 4.76. The molecule has 0 unspecified atom stereocenters. The molecule has 0 aliphatic carbocycles. The van der Waals surface area contributed by atoms with Crippen LogP contribution in [0.5, 0.6) is 11.5 Å². The summed E-state index contributed by atoms with van der Waals surface area (Å²) in [5, 5.41) is 13.3. The normalized spacial score (nSPS) is 10.9. The molecule has 0 fully saturated rings. The van der Waals surface area contributed by atoms with E-state index in [0.29, 0.717) is 34.8 Å². The number of nitrogens with one attached hydrogen (secondary N) is 1. The Bertz CT molecular complexity index is 759. The molecule has 0 aliphatic heterocycles. The highest BCUT2D eigenvalue weighted by molar-refractivity contribution is 9.10. The average molecular weight is 491 g/mol. The van der Waals surface area contributed by atoms with Crippen LogP contribution in [0.25, 0.3) is 0 Å². The summed E-state index contributed by atoms with van der Waals surface area (Å²) in [5.74, 6) is 1.38. The first-order valence-electron chi connectivity index (χ1n) is 9.38. The Hall–Kier alpha value is -0.980. The quantitative estimate of drug-likeness (QED) is 0.359. The Morgan fingerprint density at radius 1 is 1.00 bits per heavy atom. The second-order valence-corrected chi connectivity index (χ2v) is 7.99. The highest BCUT2D eigenvalue weighted by Crippen LogP contribution is 2.34. The van der Waals surface area contributed by atoms with Crippen LogP contribution in [0.3, 0.4) is 0 Å². The summed E-state index contributed by atoms with van der Waals surface area (Å²) in [6, 6.07) is 9.38. The van der Waals surface area contributed by atoms with E-state index in [2.05, 4.69) is 21.2 Å². The van der Waals surface area contributed by atoms with Gasteiger partial charge < -0.3 is 19.9 Å². The second kappa shape index (κ2) is 12.6. The Labute approximate surface area is 185 Å². The molecule has 0 atom stereocenters. The molecule has 0 saturated carbocycles. The number of aliphatic hydroxyl groups is 1. The van der Waals surface area contributed by atoms with E-state index >= 15 is 0 Å². The number of benzene rings is 2. The fraction of sp³-hybridized carbons (Fsp3) is 0.429. The first-order chi connectivity index (χ1) is 13.5. The summed E-state index contributed by atoms with van der Waals surface area (Å²) in [6.07, 6.45) is 2.92. The van der Waals surface area contributed by atoms with Crippen molar-refractivity contribution in [1.29, 1.82) is 0 Å². The van der Waals surface area contributed by atoms with Crippen LogP contribution in [0.2, 0.25) is 10.0 Å². The van der Waals surface area contributed by atoms with Crippen molar-refractivity contribution in [2.24, 2.45) is 0 Å². The highest BCUT2D eigenvalue weighted by atomic mass is 79.9. The molecule has 154 valence electrons. The Morgan fingerprint density at radius 2 is 1.79 bits per heavy atom. The molecule has 2 aromatic carbocycles. The standard InChI is InChI=1S/C21H26BrCl2NO3/c1-2-27-20-11-16(13-25-8-4-3-5-9-26)17(22)12-21(20)28-14-15-6-7-18(23)19(24)10-15/h6-7,10-12,25-26H,2-5,8-9,13-14H2,1H3. The molecule has 0 amide bonds. The molecule has 0 aromatic heterocycles. The van der Waals surface area contributed by atoms with Crippen LogP contribution in [0, 0.1) is 0 Å². The van der Waals surface area contributed by atoms with Crippen molar-refractivity contribution in [2.45, 2.75) is 39.3 Å². The minimum atomic E-state index is 0.257. The molecule has 0 bridgehead atoms. The van der Waals surface area contributed by atoms with Gasteiger partial charge in [-0.2, -0.15) is 0 Å². The van der Waals surface area contributed by atoms with Crippen LogP contribution in [0.1, 0.15) is 37.3 Å². The number of hydrogen-bond donors (Lipinski definition) is 2. The lowest BCUT2D eigenvalue weighted by Gasteiger charge is -2.16. The summed E-state index contributed by atoms with van der Waals surface area (Å²) < 4.78 is 12.7. The topological polar surface area (TPSA) is 50.7 Å². The zero-order chi connectivity index (χ0) is 20.4. The first-order valence-corrected chi connectivity index (χ1v) is 10.9. The van der Waals surface area contributed by atoms with Crippen molar-refractivity contribution in [2.75, 3.05) is 19.8 Å². The van der Waals surface area contributed by atoms with E-state index in [0.717, 1.165) is 48.0 Å². The van der Waals surface area contributed by atoms with E-state index in [1.165, 1.54) is 0 Å². The minimum absolute atomic E-state index is 0.257. The maximum atomic E-state index is 8.82. The van der Waals surface area contributed by atoms with Crippen molar-refractivity contribution in [1.82, 2.24) is 5.32 Å². The van der Waals surface area contributed by atoms with Gasteiger partial charge in [-0.25, -0.2) is 0 Å². The van der Waals surface area contributed by atoms with Gasteiger partial charge in [-0.3, -0.25) is 0 Å². The molecule has 0 spiro atoms. The number of hydrogen-bond acceptors (Lipinski definition) is 4. The van der Waals surface area contributed by atoms with Gasteiger partial charge in [0.1, 0.15) is 6.61 Å². The van der Waals surface area contributed by atoms with Crippen molar-refractivity contribution < 1.29 is 14.6 Å². The number of unbranched alkanes of at least 4 members (excludes halogenated alkanes) is 2. The molecule has 0 heterocycles. The highest BCUT2D eigenvalue weighted by Gasteiger charge is 2.12. The van der Waals surface area contributed by atoms with Crippen LogP contribution < -0.4 is 14.8 Å². The smallest absolute Gasteiger partial charge is 0.162 e. The average Bonchev–Trinajstić information content (AvgIpc) is 2.68. The Kier molecular flexibility index (Phi) is 10.4. The van der Waals surface area contributed by atoms with Gasteiger partial charge in [0.2, 0.25) is 0 Å². The van der Waals surface area contributed by atoms with E-state index in [4.69, 9.17) is 37.8 Å². The monoisotopic (exact) mass is 489 g/mol. The van der Waals surface area contributed by atoms with Crippen LogP contribution in [-0.2, 0) is 13.2 Å². The molecule has 0 saturated heterocycles. The van der Waals surface area contributed by atoms with E-state index < -0.39 is 0 Å². The summed E-state index contributed by atoms with van der Waals surface area (Å²) in [5.41, 5.74) is 2.04. The third-order valence-electron chi connectivity index (χ3n) is 4.12. The van der Waals surface area contributed by atoms with Gasteiger partial charge >= 0.3 is 0 Å². The number of halogens is 3. The summed E-state index contributed by atoms with van der Waals surface area (Å²) >= 11 is 15.7. The SMILES string of the molecule is CCOc1cc(CNCCCCCO)c(Br)cc1OCc1ccc(Cl)c(Cl)c1. The van der Waals surface area contributed by atoms with E-state index in [1.54, 1.807) is 12.1 Å². The van der Waals surface area contributed by atoms with Gasteiger partial charge in [0.05, 0.1) is 16.7 Å². The van der Waals surface area contributed by atoms with Crippen LogP contribution in [0.4, 0.5) is 0 Å². The fourth-order valence-electron chi connectivity index (χ4n) is 2.65. The molecule has 2 N–H and O–H groups in total. The summed E-state index contributed by atoms with van der Waals surface area (Å²) in [7, 11) is 0. The molecule has 0 aliphatic rings. The molecule has 2 rings (SSSR count). The summed E-state index contributed by atoms with van der Waals surface area (Å²) in [4.78, 5) is 0. The molecular formula is C21H26BrCl2NO3. The van der Waals surface area contributed by atoms with Crippen LogP contribution in [-0.4, -0.2) is 24.9 Å². The third kappa shape index (κ3) is 7.45. The molecule has 7 heteroatoms. The van der Waals surface area contributed by atoms with Gasteiger partial charge in [0.25, 0.3) is 0 Å². The predicted octanol–water partition coefficient (Wildman–Crippen LogP) is 5.99. The largest absolute Gasteiger partial charge is 0.490 e. The lowest BCUT2D eigenvalue weighted by atomic mass is 10.2. The third-order valence-corrected chi connectivity index (χ3v) is 5.60. The predicted molar refractivity (Wildman–Crippen MR) is 119 cm³/mol. The molecular weight excluding hydrogens is 465 g/mol.